The van der Waals surface area contributed by atoms with Gasteiger partial charge >= 0.3 is 11.9 Å². The molecule has 11 nitrogen and oxygen atoms in total. The van der Waals surface area contributed by atoms with Gasteiger partial charge in [0.1, 0.15) is 5.82 Å². The second-order valence-corrected chi connectivity index (χ2v) is 10.7. The van der Waals surface area contributed by atoms with Crippen LogP contribution in [0.15, 0.2) is 82.4 Å². The molecular formula is C30H29F4N7O4. The molecule has 3 aromatic carbocycles. The Morgan fingerprint density at radius 3 is 2.29 bits per heavy atom. The largest absolute Gasteiger partial charge is 0.416 e. The SMILES string of the molecule is N[C@H](Cn1c(=O)c(N2CCN(Cc3cccc([N+](=O)[O-])c3)CC2)nn(Cc2c(F)cccc2C(F)(F)F)c1=O)c1ccccc1. The third kappa shape index (κ3) is 7.10. The third-order valence-corrected chi connectivity index (χ3v) is 7.64. The molecule has 0 unspecified atom stereocenters. The number of hydrogen-bond donors (Lipinski definition) is 1. The highest BCUT2D eigenvalue weighted by Gasteiger charge is 2.35. The van der Waals surface area contributed by atoms with Crippen molar-refractivity contribution in [1.29, 1.82) is 0 Å². The number of alkyl halides is 3. The Kier molecular flexibility index (Phi) is 9.11. The predicted molar refractivity (Wildman–Crippen MR) is 157 cm³/mol. The van der Waals surface area contributed by atoms with Gasteiger partial charge in [0.15, 0.2) is 0 Å². The number of non-ortho nitro benzene ring substituents is 1. The number of anilines is 1. The average Bonchev–Trinajstić information content (AvgIpc) is 3.02. The van der Waals surface area contributed by atoms with Gasteiger partial charge in [-0.3, -0.25) is 24.4 Å². The standard InChI is InChI=1S/C30H29F4N7O4/c31-25-11-5-10-24(30(32,33)34)23(25)18-40-29(43)39(19-26(35)21-7-2-1-3-8-21)28(42)27(36-40)38-14-12-37(13-15-38)17-20-6-4-9-22(16-20)41(44)45/h1-11,16,26H,12-15,17-19,35H2/t26-/m1/s1. The summed E-state index contributed by atoms with van der Waals surface area (Å²) in [5.74, 6) is -1.36. The molecule has 0 bridgehead atoms. The molecule has 5 rings (SSSR count). The maximum atomic E-state index is 14.8. The van der Waals surface area contributed by atoms with Crippen molar-refractivity contribution in [2.45, 2.75) is 31.9 Å². The minimum absolute atomic E-state index is 0.0320. The topological polar surface area (TPSA) is 133 Å². The van der Waals surface area contributed by atoms with E-state index in [0.717, 1.165) is 22.3 Å². The van der Waals surface area contributed by atoms with Crippen molar-refractivity contribution in [3.63, 3.8) is 0 Å². The highest BCUT2D eigenvalue weighted by molar-refractivity contribution is 5.37. The maximum absolute atomic E-state index is 14.8. The Hall–Kier alpha value is -4.89. The summed E-state index contributed by atoms with van der Waals surface area (Å²) in [5.41, 5.74) is 3.79. The van der Waals surface area contributed by atoms with Crippen LogP contribution < -0.4 is 21.9 Å². The molecule has 0 amide bonds. The summed E-state index contributed by atoms with van der Waals surface area (Å²) in [6, 6.07) is 16.6. The lowest BCUT2D eigenvalue weighted by Crippen LogP contribution is -2.51. The molecule has 45 heavy (non-hydrogen) atoms. The number of piperazine rings is 1. The zero-order chi connectivity index (χ0) is 32.3. The van der Waals surface area contributed by atoms with Crippen LogP contribution in [-0.4, -0.2) is 50.3 Å². The minimum atomic E-state index is -4.90. The quantitative estimate of drug-likeness (QED) is 0.169. The first-order valence-electron chi connectivity index (χ1n) is 14.0. The normalized spacial score (nSPS) is 14.8. The van der Waals surface area contributed by atoms with Crippen molar-refractivity contribution in [3.8, 4) is 0 Å². The number of halogens is 4. The first-order valence-corrected chi connectivity index (χ1v) is 14.0. The van der Waals surface area contributed by atoms with Gasteiger partial charge in [-0.25, -0.2) is 13.9 Å². The van der Waals surface area contributed by atoms with E-state index in [0.29, 0.717) is 35.9 Å². The molecule has 1 aromatic heterocycles. The molecule has 236 valence electrons. The van der Waals surface area contributed by atoms with E-state index >= 15 is 0 Å². The Bertz CT molecular complexity index is 1800. The molecule has 1 fully saturated rings. The summed E-state index contributed by atoms with van der Waals surface area (Å²) in [4.78, 5) is 41.5. The highest BCUT2D eigenvalue weighted by atomic mass is 19.4. The Balaban J connectivity index is 1.47. The average molecular weight is 628 g/mol. The first-order chi connectivity index (χ1) is 21.4. The summed E-state index contributed by atoms with van der Waals surface area (Å²) in [7, 11) is 0. The Morgan fingerprint density at radius 1 is 0.933 bits per heavy atom. The Labute approximate surface area is 253 Å². The van der Waals surface area contributed by atoms with Crippen molar-refractivity contribution >= 4 is 11.5 Å². The van der Waals surface area contributed by atoms with E-state index in [9.17, 15) is 37.3 Å². The molecule has 4 aromatic rings. The molecular weight excluding hydrogens is 598 g/mol. The van der Waals surface area contributed by atoms with Gasteiger partial charge in [-0.05, 0) is 23.3 Å². The van der Waals surface area contributed by atoms with Gasteiger partial charge in [-0.1, -0.05) is 48.5 Å². The molecule has 2 heterocycles. The number of rotatable bonds is 9. The van der Waals surface area contributed by atoms with E-state index in [2.05, 4.69) is 5.10 Å². The van der Waals surface area contributed by atoms with Gasteiger partial charge in [0, 0.05) is 56.5 Å². The predicted octanol–water partition coefficient (Wildman–Crippen LogP) is 3.54. The molecule has 0 saturated carbocycles. The molecule has 1 atom stereocenters. The van der Waals surface area contributed by atoms with Crippen LogP contribution in [0.1, 0.15) is 28.3 Å². The molecule has 0 radical (unpaired) electrons. The van der Waals surface area contributed by atoms with Gasteiger partial charge in [0.2, 0.25) is 5.82 Å². The van der Waals surface area contributed by atoms with Gasteiger partial charge in [-0.2, -0.15) is 13.2 Å². The second-order valence-electron chi connectivity index (χ2n) is 10.7. The fraction of sp³-hybridized carbons (Fsp3) is 0.300. The van der Waals surface area contributed by atoms with Crippen molar-refractivity contribution in [2.24, 2.45) is 5.73 Å². The number of hydrogen-bond acceptors (Lipinski definition) is 8. The minimum Gasteiger partial charge on any atom is -0.348 e. The van der Waals surface area contributed by atoms with Crippen LogP contribution in [-0.2, 0) is 25.8 Å². The summed E-state index contributed by atoms with van der Waals surface area (Å²) in [6.07, 6.45) is -4.90. The molecule has 15 heteroatoms. The van der Waals surface area contributed by atoms with Crippen molar-refractivity contribution in [2.75, 3.05) is 31.1 Å². The molecule has 0 aliphatic carbocycles. The molecule has 1 saturated heterocycles. The first kappa shape index (κ1) is 31.5. The van der Waals surface area contributed by atoms with E-state index < -0.39 is 51.9 Å². The van der Waals surface area contributed by atoms with Crippen molar-refractivity contribution in [1.82, 2.24) is 19.2 Å². The van der Waals surface area contributed by atoms with Crippen LogP contribution in [0, 0.1) is 15.9 Å². The summed E-state index contributed by atoms with van der Waals surface area (Å²) >= 11 is 0. The summed E-state index contributed by atoms with van der Waals surface area (Å²) < 4.78 is 57.6. The molecule has 0 spiro atoms. The zero-order valence-corrected chi connectivity index (χ0v) is 23.9. The second kappa shape index (κ2) is 13.0. The highest BCUT2D eigenvalue weighted by Crippen LogP contribution is 2.33. The van der Waals surface area contributed by atoms with E-state index in [1.807, 2.05) is 4.90 Å². The lowest BCUT2D eigenvalue weighted by Gasteiger charge is -2.35. The van der Waals surface area contributed by atoms with Crippen LogP contribution in [0.3, 0.4) is 0 Å². The molecule has 2 N–H and O–H groups in total. The third-order valence-electron chi connectivity index (χ3n) is 7.64. The fourth-order valence-electron chi connectivity index (χ4n) is 5.29. The van der Waals surface area contributed by atoms with Crippen LogP contribution in [0.25, 0.3) is 0 Å². The number of nitro benzene ring substituents is 1. The van der Waals surface area contributed by atoms with Gasteiger partial charge in [0.25, 0.3) is 11.2 Å². The van der Waals surface area contributed by atoms with E-state index in [1.165, 1.54) is 12.1 Å². The van der Waals surface area contributed by atoms with Gasteiger partial charge in [0.05, 0.1) is 23.6 Å². The molecule has 1 aliphatic rings. The van der Waals surface area contributed by atoms with Crippen LogP contribution in [0.2, 0.25) is 0 Å². The smallest absolute Gasteiger partial charge is 0.348 e. The van der Waals surface area contributed by atoms with E-state index in [4.69, 9.17) is 5.73 Å². The monoisotopic (exact) mass is 627 g/mol. The van der Waals surface area contributed by atoms with Crippen molar-refractivity contribution in [3.05, 3.63) is 132 Å². The lowest BCUT2D eigenvalue weighted by atomic mass is 10.1. The van der Waals surface area contributed by atoms with Gasteiger partial charge < -0.3 is 10.6 Å². The summed E-state index contributed by atoms with van der Waals surface area (Å²) in [5, 5.41) is 15.3. The van der Waals surface area contributed by atoms with Gasteiger partial charge in [-0.15, -0.1) is 5.10 Å². The van der Waals surface area contributed by atoms with Crippen LogP contribution >= 0.6 is 0 Å². The van der Waals surface area contributed by atoms with Crippen molar-refractivity contribution < 1.29 is 22.5 Å². The number of aromatic nitrogens is 3. The molecule has 1 aliphatic heterocycles. The number of nitrogens with two attached hydrogens (primary N) is 1. The van der Waals surface area contributed by atoms with E-state index in [1.54, 1.807) is 47.4 Å². The number of nitrogens with zero attached hydrogens (tertiary/aromatic N) is 6. The number of nitro groups is 1. The zero-order valence-electron chi connectivity index (χ0n) is 23.9. The number of benzene rings is 3. The lowest BCUT2D eigenvalue weighted by molar-refractivity contribution is -0.384. The van der Waals surface area contributed by atoms with Crippen LogP contribution in [0.5, 0.6) is 0 Å². The van der Waals surface area contributed by atoms with E-state index in [-0.39, 0.29) is 31.1 Å². The fourth-order valence-corrected chi connectivity index (χ4v) is 5.29. The van der Waals surface area contributed by atoms with Crippen LogP contribution in [0.4, 0.5) is 29.1 Å². The summed E-state index contributed by atoms with van der Waals surface area (Å²) in [6.45, 7) is 0.581. The maximum Gasteiger partial charge on any atom is 0.416 e. The Morgan fingerprint density at radius 2 is 1.62 bits per heavy atom.